The molecular weight excluding hydrogens is 478 g/mol. The third-order valence-electron chi connectivity index (χ3n) is 5.09. The minimum Gasteiger partial charge on any atom is -0.387 e. The van der Waals surface area contributed by atoms with E-state index in [1.165, 1.54) is 17.2 Å². The molecule has 4 atom stereocenters. The predicted octanol–water partition coefficient (Wildman–Crippen LogP) is -1.25. The van der Waals surface area contributed by atoms with Gasteiger partial charge in [0, 0.05) is 17.8 Å². The summed E-state index contributed by atoms with van der Waals surface area (Å²) in [7, 11) is -4.29. The van der Waals surface area contributed by atoms with Gasteiger partial charge in [0.05, 0.1) is 6.33 Å². The number of anilines is 2. The Balaban J connectivity index is 1.53. The zero-order valence-electron chi connectivity index (χ0n) is 17.9. The minimum absolute atomic E-state index is 0.286. The average molecular weight is 497 g/mol. The van der Waals surface area contributed by atoms with E-state index in [1.54, 1.807) is 34.9 Å². The van der Waals surface area contributed by atoms with Crippen LogP contribution in [0.5, 0.6) is 0 Å². The van der Waals surface area contributed by atoms with Crippen molar-refractivity contribution in [1.82, 2.24) is 29.0 Å². The molecule has 14 heteroatoms. The van der Waals surface area contributed by atoms with E-state index < -0.39 is 47.2 Å². The van der Waals surface area contributed by atoms with Crippen LogP contribution < -0.4 is 14.8 Å². The summed E-state index contributed by atoms with van der Waals surface area (Å²) >= 11 is 0. The summed E-state index contributed by atoms with van der Waals surface area (Å²) in [6.45, 7) is -0.456. The summed E-state index contributed by atoms with van der Waals surface area (Å²) < 4.78 is 34.5. The van der Waals surface area contributed by atoms with Crippen molar-refractivity contribution in [3.05, 3.63) is 42.5 Å². The molecule has 13 nitrogen and oxygen atoms in total. The number of nitrogens with one attached hydrogen (secondary N) is 3. The van der Waals surface area contributed by atoms with E-state index in [2.05, 4.69) is 26.2 Å². The third kappa shape index (κ3) is 5.07. The normalized spacial score (nSPS) is 21.8. The quantitative estimate of drug-likeness (QED) is 0.248. The number of rotatable bonds is 7. The Morgan fingerprint density at radius 1 is 1.20 bits per heavy atom. The summed E-state index contributed by atoms with van der Waals surface area (Å²) in [5.41, 5.74) is 1.98. The fourth-order valence-electron chi connectivity index (χ4n) is 3.46. The van der Waals surface area contributed by atoms with Gasteiger partial charge in [-0.2, -0.15) is 13.1 Å². The maximum absolute atomic E-state index is 11.9. The Bertz CT molecular complexity index is 1460. The fourth-order valence-corrected chi connectivity index (χ4v) is 4.22. The molecule has 180 valence electrons. The first kappa shape index (κ1) is 24.1. The molecule has 0 bridgehead atoms. The lowest BCUT2D eigenvalue weighted by molar-refractivity contribution is -0.114. The molecule has 4 rings (SSSR count). The highest BCUT2D eigenvalue weighted by atomic mass is 32.2. The van der Waals surface area contributed by atoms with Crippen LogP contribution in [0.15, 0.2) is 36.9 Å². The zero-order valence-corrected chi connectivity index (χ0v) is 18.7. The number of benzene rings is 1. The van der Waals surface area contributed by atoms with Crippen molar-refractivity contribution < 1.29 is 28.2 Å². The molecule has 3 aromatic rings. The van der Waals surface area contributed by atoms with E-state index in [1.807, 2.05) is 4.72 Å². The zero-order chi connectivity index (χ0) is 25.2. The van der Waals surface area contributed by atoms with Gasteiger partial charge in [-0.25, -0.2) is 19.7 Å². The molecule has 1 aromatic carbocycles. The van der Waals surface area contributed by atoms with Crippen molar-refractivity contribution in [2.75, 3.05) is 11.9 Å². The standard InChI is InChI=1S/C21H19N7O6S/c1-3-12-6-5-7-13(8-12)26-19-16-20(23-10-22-19)28(11-24-16)21-18(31)17(30)14(34-21)9-25-35(32,33)27-15(29)4-2/h1-2,5-8,10-11,14,17-18,21,25,30-31H,9H2,(H,27,29)(H,22,23,26). The minimum atomic E-state index is -4.29. The summed E-state index contributed by atoms with van der Waals surface area (Å²) in [6.07, 6.45) is 7.71. The van der Waals surface area contributed by atoms with E-state index >= 15 is 0 Å². The molecule has 0 aliphatic carbocycles. The van der Waals surface area contributed by atoms with Crippen molar-refractivity contribution in [3.63, 3.8) is 0 Å². The Morgan fingerprint density at radius 3 is 2.74 bits per heavy atom. The van der Waals surface area contributed by atoms with Gasteiger partial charge in [-0.05, 0) is 24.1 Å². The number of amides is 1. The van der Waals surface area contributed by atoms with Crippen molar-refractivity contribution in [3.8, 4) is 24.7 Å². The summed E-state index contributed by atoms with van der Waals surface area (Å²) in [6, 6.07) is 7.11. The highest BCUT2D eigenvalue weighted by Gasteiger charge is 2.44. The number of carbonyl (C=O) groups is 1. The Morgan fingerprint density at radius 2 is 2.00 bits per heavy atom. The van der Waals surface area contributed by atoms with E-state index in [0.29, 0.717) is 22.6 Å². The lowest BCUT2D eigenvalue weighted by atomic mass is 10.1. The Hall–Kier alpha value is -4.05. The van der Waals surface area contributed by atoms with Crippen LogP contribution >= 0.6 is 0 Å². The number of imidazole rings is 1. The number of aliphatic hydroxyl groups excluding tert-OH is 2. The second-order valence-electron chi connectivity index (χ2n) is 7.37. The number of fused-ring (bicyclic) bond motifs is 1. The molecule has 0 radical (unpaired) electrons. The molecule has 2 aromatic heterocycles. The van der Waals surface area contributed by atoms with E-state index in [0.717, 1.165) is 0 Å². The van der Waals surface area contributed by atoms with Crippen LogP contribution in [-0.2, 0) is 19.7 Å². The molecule has 1 aliphatic heterocycles. The number of aliphatic hydroxyl groups is 2. The number of ether oxygens (including phenoxy) is 1. The lowest BCUT2D eigenvalue weighted by Gasteiger charge is -2.16. The van der Waals surface area contributed by atoms with Crippen molar-refractivity contribution in [2.24, 2.45) is 0 Å². The topological polar surface area (TPSA) is 181 Å². The van der Waals surface area contributed by atoms with Crippen LogP contribution in [0.4, 0.5) is 11.5 Å². The summed E-state index contributed by atoms with van der Waals surface area (Å²) in [4.78, 5) is 23.8. The monoisotopic (exact) mass is 497 g/mol. The highest BCUT2D eigenvalue weighted by molar-refractivity contribution is 7.88. The largest absolute Gasteiger partial charge is 0.387 e. The van der Waals surface area contributed by atoms with E-state index in [4.69, 9.17) is 17.6 Å². The number of hydrogen-bond acceptors (Lipinski definition) is 10. The SMILES string of the molecule is C#CC(=O)NS(=O)(=O)NCC1OC(n2cnc3c(Nc4cccc(C#C)c4)ncnc32)C(O)C1O. The van der Waals surface area contributed by atoms with Gasteiger partial charge in [-0.15, -0.1) is 12.8 Å². The first-order chi connectivity index (χ1) is 16.7. The lowest BCUT2D eigenvalue weighted by Crippen LogP contribution is -2.45. The number of nitrogens with zero attached hydrogens (tertiary/aromatic N) is 4. The molecule has 3 heterocycles. The van der Waals surface area contributed by atoms with Gasteiger partial charge in [-0.1, -0.05) is 12.0 Å². The Kier molecular flexibility index (Phi) is 6.65. The van der Waals surface area contributed by atoms with Crippen molar-refractivity contribution in [2.45, 2.75) is 24.5 Å². The van der Waals surface area contributed by atoms with Gasteiger partial charge in [0.1, 0.15) is 24.6 Å². The van der Waals surface area contributed by atoms with Gasteiger partial charge < -0.3 is 20.3 Å². The molecule has 0 saturated carbocycles. The molecule has 1 amide bonds. The second-order valence-corrected chi connectivity index (χ2v) is 8.87. The van der Waals surface area contributed by atoms with Crippen LogP contribution in [0.25, 0.3) is 11.2 Å². The maximum atomic E-state index is 11.9. The van der Waals surface area contributed by atoms with Gasteiger partial charge in [0.25, 0.3) is 0 Å². The summed E-state index contributed by atoms with van der Waals surface area (Å²) in [5.74, 6) is 3.35. The molecule has 1 saturated heterocycles. The molecular formula is C21H19N7O6S. The number of hydrogen-bond donors (Lipinski definition) is 5. The van der Waals surface area contributed by atoms with Crippen LogP contribution in [0.3, 0.4) is 0 Å². The molecule has 35 heavy (non-hydrogen) atoms. The predicted molar refractivity (Wildman–Crippen MR) is 123 cm³/mol. The van der Waals surface area contributed by atoms with Crippen LogP contribution in [-0.4, -0.2) is 68.9 Å². The Labute approximate surface area is 199 Å². The van der Waals surface area contributed by atoms with Crippen LogP contribution in [0.1, 0.15) is 11.8 Å². The van der Waals surface area contributed by atoms with Crippen molar-refractivity contribution >= 4 is 38.8 Å². The highest BCUT2D eigenvalue weighted by Crippen LogP contribution is 2.32. The average Bonchev–Trinajstić information content (AvgIpc) is 3.39. The van der Waals surface area contributed by atoms with Gasteiger partial charge >= 0.3 is 16.1 Å². The third-order valence-corrected chi connectivity index (χ3v) is 6.10. The fraction of sp³-hybridized carbons (Fsp3) is 0.238. The van der Waals surface area contributed by atoms with Crippen molar-refractivity contribution in [1.29, 1.82) is 0 Å². The maximum Gasteiger partial charge on any atom is 0.310 e. The van der Waals surface area contributed by atoms with Gasteiger partial charge in [0.15, 0.2) is 23.2 Å². The molecule has 5 N–H and O–H groups in total. The van der Waals surface area contributed by atoms with Crippen LogP contribution in [0, 0.1) is 24.7 Å². The van der Waals surface area contributed by atoms with E-state index in [9.17, 15) is 23.4 Å². The molecule has 1 fully saturated rings. The van der Waals surface area contributed by atoms with Gasteiger partial charge in [-0.3, -0.25) is 9.36 Å². The first-order valence-electron chi connectivity index (χ1n) is 10.0. The first-order valence-corrected chi connectivity index (χ1v) is 11.5. The summed E-state index contributed by atoms with van der Waals surface area (Å²) in [5, 5.41) is 24.1. The molecule has 4 unspecified atom stereocenters. The molecule has 1 aliphatic rings. The second kappa shape index (κ2) is 9.67. The number of terminal acetylenes is 2. The smallest absolute Gasteiger partial charge is 0.310 e. The van der Waals surface area contributed by atoms with Gasteiger partial charge in [0.2, 0.25) is 0 Å². The van der Waals surface area contributed by atoms with Crippen LogP contribution in [0.2, 0.25) is 0 Å². The molecule has 0 spiro atoms. The van der Waals surface area contributed by atoms with E-state index in [-0.39, 0.29) is 5.65 Å². The number of carbonyl (C=O) groups excluding carboxylic acids is 1. The number of aromatic nitrogens is 4.